The van der Waals surface area contributed by atoms with Gasteiger partial charge < -0.3 is 19.7 Å². The zero-order chi connectivity index (χ0) is 28.9. The smallest absolute Gasteiger partial charge is 0.335 e. The topological polar surface area (TPSA) is 80.6 Å². The first-order valence-electron chi connectivity index (χ1n) is 13.6. The molecule has 0 aliphatic carbocycles. The van der Waals surface area contributed by atoms with Crippen LogP contribution in [0.5, 0.6) is 11.5 Å². The Bertz CT molecular complexity index is 1840. The van der Waals surface area contributed by atoms with Crippen LogP contribution in [-0.2, 0) is 13.1 Å². The number of hydrogen-bond acceptors (Lipinski definition) is 3. The van der Waals surface area contributed by atoms with E-state index < -0.39 is 5.97 Å². The molecule has 0 bridgehead atoms. The summed E-state index contributed by atoms with van der Waals surface area (Å²) in [6.45, 7) is 0.847. The summed E-state index contributed by atoms with van der Waals surface area (Å²) in [5, 5.41) is 13.1. The molecule has 0 saturated heterocycles. The molecule has 42 heavy (non-hydrogen) atoms. The molecule has 0 radical (unpaired) electrons. The first-order valence-corrected chi connectivity index (χ1v) is 13.6. The predicted octanol–water partition coefficient (Wildman–Crippen LogP) is 7.78. The Morgan fingerprint density at radius 2 is 1.33 bits per heavy atom. The number of carboxylic acids is 1. The van der Waals surface area contributed by atoms with Gasteiger partial charge in [0.25, 0.3) is 5.91 Å². The summed E-state index contributed by atoms with van der Waals surface area (Å²) in [7, 11) is 0. The van der Waals surface area contributed by atoms with Gasteiger partial charge in [-0.1, -0.05) is 84.9 Å². The summed E-state index contributed by atoms with van der Waals surface area (Å²) in [4.78, 5) is 24.8. The van der Waals surface area contributed by atoms with E-state index in [2.05, 4.69) is 46.3 Å². The van der Waals surface area contributed by atoms with Crippen LogP contribution in [0.3, 0.4) is 0 Å². The Balaban J connectivity index is 1.30. The van der Waals surface area contributed by atoms with Crippen LogP contribution in [0.1, 0.15) is 31.8 Å². The van der Waals surface area contributed by atoms with E-state index in [0.29, 0.717) is 23.6 Å². The number of nitrogens with one attached hydrogen (secondary N) is 1. The van der Waals surface area contributed by atoms with Crippen molar-refractivity contribution < 1.29 is 19.4 Å². The molecule has 1 aromatic heterocycles. The summed E-state index contributed by atoms with van der Waals surface area (Å²) in [5.41, 5.74) is 5.73. The molecule has 1 amide bonds. The van der Waals surface area contributed by atoms with Gasteiger partial charge in [0.1, 0.15) is 11.5 Å². The number of hydrogen-bond donors (Lipinski definition) is 2. The lowest BCUT2D eigenvalue weighted by Crippen LogP contribution is -2.23. The van der Waals surface area contributed by atoms with E-state index in [-0.39, 0.29) is 18.0 Å². The number of aromatic nitrogens is 1. The molecular formula is C36H28N2O4. The first-order chi connectivity index (χ1) is 20.5. The zero-order valence-corrected chi connectivity index (χ0v) is 22.7. The lowest BCUT2D eigenvalue weighted by atomic mass is 10.0. The maximum absolute atomic E-state index is 13.6. The van der Waals surface area contributed by atoms with Gasteiger partial charge in [-0.05, 0) is 64.7 Å². The van der Waals surface area contributed by atoms with Crippen molar-refractivity contribution >= 4 is 22.8 Å². The third kappa shape index (κ3) is 5.93. The SMILES string of the molecule is O=C(O)c1ccc(CNC(=O)c2cc(Oc3ccccc3)cc3ccn(Cc4ccc(-c5ccccc5)cc4)c23)cc1. The fourth-order valence-electron chi connectivity index (χ4n) is 4.98. The third-order valence-corrected chi connectivity index (χ3v) is 7.13. The van der Waals surface area contributed by atoms with Gasteiger partial charge in [-0.15, -0.1) is 0 Å². The van der Waals surface area contributed by atoms with Crippen LogP contribution in [-0.4, -0.2) is 21.6 Å². The molecule has 6 nitrogen and oxygen atoms in total. The summed E-state index contributed by atoms with van der Waals surface area (Å²) >= 11 is 0. The van der Waals surface area contributed by atoms with Crippen LogP contribution in [0.4, 0.5) is 0 Å². The molecule has 5 aromatic carbocycles. The van der Waals surface area contributed by atoms with Crippen molar-refractivity contribution in [3.8, 4) is 22.6 Å². The van der Waals surface area contributed by atoms with E-state index in [1.807, 2.05) is 66.9 Å². The minimum atomic E-state index is -0.987. The highest BCUT2D eigenvalue weighted by molar-refractivity contribution is 6.06. The Morgan fingerprint density at radius 3 is 2.02 bits per heavy atom. The molecule has 0 atom stereocenters. The lowest BCUT2D eigenvalue weighted by Gasteiger charge is -2.14. The Morgan fingerprint density at radius 1 is 0.690 bits per heavy atom. The largest absolute Gasteiger partial charge is 0.478 e. The van der Waals surface area contributed by atoms with Crippen molar-refractivity contribution in [1.82, 2.24) is 9.88 Å². The van der Waals surface area contributed by atoms with Gasteiger partial charge in [-0.3, -0.25) is 4.79 Å². The number of rotatable bonds is 9. The summed E-state index contributed by atoms with van der Waals surface area (Å²) in [5.74, 6) is 0.00756. The number of carbonyl (C=O) groups is 2. The van der Waals surface area contributed by atoms with Gasteiger partial charge in [0.05, 0.1) is 16.6 Å². The molecule has 6 heteroatoms. The van der Waals surface area contributed by atoms with Crippen molar-refractivity contribution in [3.63, 3.8) is 0 Å². The molecule has 1 heterocycles. The van der Waals surface area contributed by atoms with Crippen LogP contribution in [0, 0.1) is 0 Å². The van der Waals surface area contributed by atoms with Crippen molar-refractivity contribution in [3.05, 3.63) is 156 Å². The third-order valence-electron chi connectivity index (χ3n) is 7.13. The fourth-order valence-corrected chi connectivity index (χ4v) is 4.98. The number of para-hydroxylation sites is 1. The van der Waals surface area contributed by atoms with Gasteiger partial charge in [0.2, 0.25) is 0 Å². The monoisotopic (exact) mass is 552 g/mol. The molecule has 0 saturated carbocycles. The second-order valence-corrected chi connectivity index (χ2v) is 10.0. The summed E-state index contributed by atoms with van der Waals surface area (Å²) < 4.78 is 8.19. The van der Waals surface area contributed by atoms with E-state index in [9.17, 15) is 9.59 Å². The summed E-state index contributed by atoms with van der Waals surface area (Å²) in [6.07, 6.45) is 1.99. The van der Waals surface area contributed by atoms with E-state index >= 15 is 0 Å². The lowest BCUT2D eigenvalue weighted by molar-refractivity contribution is 0.0696. The van der Waals surface area contributed by atoms with E-state index in [0.717, 1.165) is 33.2 Å². The number of nitrogens with zero attached hydrogens (tertiary/aromatic N) is 1. The average Bonchev–Trinajstić information content (AvgIpc) is 3.43. The second kappa shape index (κ2) is 11.9. The molecule has 0 aliphatic heterocycles. The van der Waals surface area contributed by atoms with Gasteiger partial charge in [0.15, 0.2) is 0 Å². The Kier molecular flexibility index (Phi) is 7.51. The van der Waals surface area contributed by atoms with E-state index in [1.54, 1.807) is 18.2 Å². The predicted molar refractivity (Wildman–Crippen MR) is 164 cm³/mol. The normalized spacial score (nSPS) is 10.9. The number of amides is 1. The maximum Gasteiger partial charge on any atom is 0.335 e. The van der Waals surface area contributed by atoms with E-state index in [1.165, 1.54) is 12.1 Å². The van der Waals surface area contributed by atoms with Crippen LogP contribution in [0.25, 0.3) is 22.0 Å². The molecule has 0 aliphatic rings. The molecule has 6 aromatic rings. The molecule has 2 N–H and O–H groups in total. The highest BCUT2D eigenvalue weighted by Crippen LogP contribution is 2.31. The van der Waals surface area contributed by atoms with Gasteiger partial charge in [-0.25, -0.2) is 4.79 Å². The average molecular weight is 553 g/mol. The molecular weight excluding hydrogens is 524 g/mol. The quantitative estimate of drug-likeness (QED) is 0.192. The van der Waals surface area contributed by atoms with Crippen molar-refractivity contribution in [1.29, 1.82) is 0 Å². The minimum Gasteiger partial charge on any atom is -0.478 e. The van der Waals surface area contributed by atoms with Crippen molar-refractivity contribution in [2.45, 2.75) is 13.1 Å². The van der Waals surface area contributed by atoms with Crippen molar-refractivity contribution in [2.24, 2.45) is 0 Å². The summed E-state index contributed by atoms with van der Waals surface area (Å²) in [6, 6.07) is 40.4. The zero-order valence-electron chi connectivity index (χ0n) is 22.7. The van der Waals surface area contributed by atoms with Crippen LogP contribution >= 0.6 is 0 Å². The van der Waals surface area contributed by atoms with Gasteiger partial charge in [0, 0.05) is 24.7 Å². The minimum absolute atomic E-state index is 0.201. The second-order valence-electron chi connectivity index (χ2n) is 10.0. The fraction of sp³-hybridized carbons (Fsp3) is 0.0556. The molecule has 0 fully saturated rings. The van der Waals surface area contributed by atoms with Gasteiger partial charge in [-0.2, -0.15) is 0 Å². The molecule has 0 unspecified atom stereocenters. The number of aromatic carboxylic acids is 1. The molecule has 0 spiro atoms. The van der Waals surface area contributed by atoms with Crippen LogP contribution < -0.4 is 10.1 Å². The number of carboxylic acid groups (broad SMARTS) is 1. The van der Waals surface area contributed by atoms with Crippen LogP contribution in [0.2, 0.25) is 0 Å². The van der Waals surface area contributed by atoms with Crippen molar-refractivity contribution in [2.75, 3.05) is 0 Å². The van der Waals surface area contributed by atoms with Gasteiger partial charge >= 0.3 is 5.97 Å². The highest BCUT2D eigenvalue weighted by Gasteiger charge is 2.17. The highest BCUT2D eigenvalue weighted by atomic mass is 16.5. The number of ether oxygens (including phenoxy) is 1. The molecule has 6 rings (SSSR count). The Labute approximate surface area is 243 Å². The number of fused-ring (bicyclic) bond motifs is 1. The van der Waals surface area contributed by atoms with E-state index in [4.69, 9.17) is 9.84 Å². The maximum atomic E-state index is 13.6. The number of carbonyl (C=O) groups excluding carboxylic acids is 1. The first kappa shape index (κ1) is 26.6. The van der Waals surface area contributed by atoms with Crippen LogP contribution in [0.15, 0.2) is 134 Å². The standard InChI is InChI=1S/C36H28N2O4/c39-35(37-23-25-11-17-29(18-12-25)36(40)41)33-22-32(42-31-9-5-2-6-10-31)21-30-19-20-38(34(30)33)24-26-13-15-28(16-14-26)27-7-3-1-4-8-27/h1-22H,23-24H2,(H,37,39)(H,40,41). The Hall–Kier alpha value is -5.62. The number of benzene rings is 5. The molecule has 206 valence electrons.